The maximum absolute atomic E-state index is 10.5. The zero-order valence-corrected chi connectivity index (χ0v) is 8.79. The molecule has 0 bridgehead atoms. The number of aliphatic hydroxyl groups is 1. The Kier molecular flexibility index (Phi) is 2.29. The minimum absolute atomic E-state index is 0.408. The summed E-state index contributed by atoms with van der Waals surface area (Å²) in [5.74, 6) is 0. The van der Waals surface area contributed by atoms with E-state index < -0.39 is 11.0 Å². The first-order valence-electron chi connectivity index (χ1n) is 5.44. The van der Waals surface area contributed by atoms with Crippen molar-refractivity contribution < 1.29 is 5.11 Å². The molecule has 1 saturated heterocycles. The van der Waals surface area contributed by atoms with Gasteiger partial charge in [0, 0.05) is 13.1 Å². The molecule has 2 fully saturated rings. The smallest absolute Gasteiger partial charge is 0.0861 e. The van der Waals surface area contributed by atoms with Crippen molar-refractivity contribution in [3.63, 3.8) is 0 Å². The summed E-state index contributed by atoms with van der Waals surface area (Å²) < 4.78 is 0. The van der Waals surface area contributed by atoms with Crippen LogP contribution in [0.4, 0.5) is 0 Å². The lowest BCUT2D eigenvalue weighted by Gasteiger charge is -2.51. The molecule has 1 aliphatic carbocycles. The molecule has 1 heterocycles. The number of piperidine rings is 1. The van der Waals surface area contributed by atoms with Gasteiger partial charge < -0.3 is 10.0 Å². The molecule has 0 atom stereocenters. The molecule has 1 N–H and O–H groups in total. The van der Waals surface area contributed by atoms with E-state index in [0.717, 1.165) is 45.2 Å². The molecule has 1 saturated carbocycles. The van der Waals surface area contributed by atoms with E-state index in [1.54, 1.807) is 0 Å². The summed E-state index contributed by atoms with van der Waals surface area (Å²) in [5, 5.41) is 19.7. The van der Waals surface area contributed by atoms with Crippen molar-refractivity contribution in [1.29, 1.82) is 5.26 Å². The van der Waals surface area contributed by atoms with Gasteiger partial charge in [-0.15, -0.1) is 0 Å². The Morgan fingerprint density at radius 3 is 2.14 bits per heavy atom. The highest BCUT2D eigenvalue weighted by Crippen LogP contribution is 2.52. The monoisotopic (exact) mass is 194 g/mol. The summed E-state index contributed by atoms with van der Waals surface area (Å²) in [6, 6.07) is 2.37. The first-order chi connectivity index (χ1) is 6.62. The molecule has 2 rings (SSSR count). The topological polar surface area (TPSA) is 47.3 Å². The molecule has 0 amide bonds. The predicted octanol–water partition coefficient (Wildman–Crippen LogP) is 1.14. The van der Waals surface area contributed by atoms with E-state index >= 15 is 0 Å². The molecule has 1 aliphatic heterocycles. The van der Waals surface area contributed by atoms with Crippen molar-refractivity contribution in [1.82, 2.24) is 4.90 Å². The number of rotatable bonds is 1. The molecule has 0 spiro atoms. The van der Waals surface area contributed by atoms with E-state index in [1.165, 1.54) is 0 Å². The minimum Gasteiger partial charge on any atom is -0.388 e. The van der Waals surface area contributed by atoms with Gasteiger partial charge in [0.1, 0.15) is 0 Å². The van der Waals surface area contributed by atoms with Crippen molar-refractivity contribution in [3.8, 4) is 6.07 Å². The van der Waals surface area contributed by atoms with Gasteiger partial charge in [0.05, 0.1) is 17.1 Å². The molecular weight excluding hydrogens is 176 g/mol. The lowest BCUT2D eigenvalue weighted by molar-refractivity contribution is -0.125. The van der Waals surface area contributed by atoms with Gasteiger partial charge in [-0.1, -0.05) is 6.42 Å². The van der Waals surface area contributed by atoms with Crippen LogP contribution >= 0.6 is 0 Å². The van der Waals surface area contributed by atoms with Crippen LogP contribution in [-0.2, 0) is 0 Å². The zero-order chi connectivity index (χ0) is 10.2. The van der Waals surface area contributed by atoms with Gasteiger partial charge in [0.25, 0.3) is 0 Å². The van der Waals surface area contributed by atoms with Gasteiger partial charge in [-0.2, -0.15) is 5.26 Å². The molecule has 0 unspecified atom stereocenters. The van der Waals surface area contributed by atoms with Gasteiger partial charge >= 0.3 is 0 Å². The lowest BCUT2D eigenvalue weighted by Crippen LogP contribution is -2.56. The maximum atomic E-state index is 10.5. The van der Waals surface area contributed by atoms with E-state index in [2.05, 4.69) is 18.0 Å². The highest BCUT2D eigenvalue weighted by molar-refractivity contribution is 5.16. The Labute approximate surface area is 85.3 Å². The summed E-state index contributed by atoms with van der Waals surface area (Å²) in [7, 11) is 2.07. The Morgan fingerprint density at radius 1 is 1.21 bits per heavy atom. The fraction of sp³-hybridized carbons (Fsp3) is 0.909. The van der Waals surface area contributed by atoms with Crippen molar-refractivity contribution in [2.45, 2.75) is 37.7 Å². The largest absolute Gasteiger partial charge is 0.388 e. The summed E-state index contributed by atoms with van der Waals surface area (Å²) in [4.78, 5) is 2.22. The van der Waals surface area contributed by atoms with E-state index in [4.69, 9.17) is 0 Å². The first kappa shape index (κ1) is 9.95. The van der Waals surface area contributed by atoms with Crippen LogP contribution in [0.15, 0.2) is 0 Å². The second kappa shape index (κ2) is 3.22. The standard InChI is InChI=1S/C11H18N2O/c1-13-7-5-11(14,6-8-13)10(9-12)3-2-4-10/h14H,2-8H2,1H3. The molecule has 0 radical (unpaired) electrons. The van der Waals surface area contributed by atoms with Crippen molar-refractivity contribution in [2.24, 2.45) is 5.41 Å². The summed E-state index contributed by atoms with van der Waals surface area (Å²) >= 11 is 0. The van der Waals surface area contributed by atoms with Crippen LogP contribution in [0.3, 0.4) is 0 Å². The number of hydrogen-bond acceptors (Lipinski definition) is 3. The van der Waals surface area contributed by atoms with Crippen LogP contribution in [0.25, 0.3) is 0 Å². The van der Waals surface area contributed by atoms with Gasteiger partial charge in [-0.3, -0.25) is 0 Å². The molecule has 0 aromatic rings. The van der Waals surface area contributed by atoms with Crippen LogP contribution in [-0.4, -0.2) is 35.7 Å². The molecule has 2 aliphatic rings. The summed E-state index contributed by atoms with van der Waals surface area (Å²) in [6.45, 7) is 1.83. The van der Waals surface area contributed by atoms with E-state index in [-0.39, 0.29) is 0 Å². The fourth-order valence-corrected chi connectivity index (χ4v) is 2.68. The van der Waals surface area contributed by atoms with Gasteiger partial charge in [-0.05, 0) is 32.7 Å². The summed E-state index contributed by atoms with van der Waals surface area (Å²) in [6.07, 6.45) is 4.41. The average Bonchev–Trinajstić information content (AvgIpc) is 2.10. The number of nitriles is 1. The van der Waals surface area contributed by atoms with E-state index in [0.29, 0.717) is 0 Å². The van der Waals surface area contributed by atoms with Gasteiger partial charge in [-0.25, -0.2) is 0 Å². The Balaban J connectivity index is 2.12. The zero-order valence-electron chi connectivity index (χ0n) is 8.79. The maximum Gasteiger partial charge on any atom is 0.0861 e. The van der Waals surface area contributed by atoms with E-state index in [9.17, 15) is 10.4 Å². The highest BCUT2D eigenvalue weighted by Gasteiger charge is 2.55. The predicted molar refractivity (Wildman–Crippen MR) is 53.6 cm³/mol. The third-order valence-corrected chi connectivity index (χ3v) is 4.13. The quantitative estimate of drug-likeness (QED) is 0.681. The highest BCUT2D eigenvalue weighted by atomic mass is 16.3. The normalized spacial score (nSPS) is 30.4. The van der Waals surface area contributed by atoms with E-state index in [1.807, 2.05) is 0 Å². The van der Waals surface area contributed by atoms with Crippen LogP contribution < -0.4 is 0 Å². The van der Waals surface area contributed by atoms with Gasteiger partial charge in [0.15, 0.2) is 0 Å². The molecule has 3 heteroatoms. The van der Waals surface area contributed by atoms with Crippen LogP contribution in [0.1, 0.15) is 32.1 Å². The number of hydrogen-bond donors (Lipinski definition) is 1. The van der Waals surface area contributed by atoms with Crippen molar-refractivity contribution in [3.05, 3.63) is 0 Å². The van der Waals surface area contributed by atoms with Crippen molar-refractivity contribution in [2.75, 3.05) is 20.1 Å². The van der Waals surface area contributed by atoms with Gasteiger partial charge in [0.2, 0.25) is 0 Å². The van der Waals surface area contributed by atoms with Crippen LogP contribution in [0.5, 0.6) is 0 Å². The second-order valence-corrected chi connectivity index (χ2v) is 4.88. The second-order valence-electron chi connectivity index (χ2n) is 4.88. The molecular formula is C11H18N2O. The Hall–Kier alpha value is -0.590. The molecule has 78 valence electrons. The number of likely N-dealkylation sites (tertiary alicyclic amines) is 1. The molecule has 0 aromatic carbocycles. The number of nitrogens with zero attached hydrogens (tertiary/aromatic N) is 2. The molecule has 3 nitrogen and oxygen atoms in total. The third kappa shape index (κ3) is 1.25. The summed E-state index contributed by atoms with van der Waals surface area (Å²) in [5.41, 5.74) is -1.11. The Bertz CT molecular complexity index is 257. The minimum atomic E-state index is -0.702. The third-order valence-electron chi connectivity index (χ3n) is 4.13. The van der Waals surface area contributed by atoms with Crippen LogP contribution in [0, 0.1) is 16.7 Å². The molecule has 14 heavy (non-hydrogen) atoms. The fourth-order valence-electron chi connectivity index (χ4n) is 2.68. The molecule has 0 aromatic heterocycles. The average molecular weight is 194 g/mol. The lowest BCUT2D eigenvalue weighted by atomic mass is 9.57. The Morgan fingerprint density at radius 2 is 1.79 bits per heavy atom. The van der Waals surface area contributed by atoms with Crippen LogP contribution in [0.2, 0.25) is 0 Å². The van der Waals surface area contributed by atoms with Crippen molar-refractivity contribution >= 4 is 0 Å². The first-order valence-corrected chi connectivity index (χ1v) is 5.44. The SMILES string of the molecule is CN1CCC(O)(C2(C#N)CCC2)CC1.